The van der Waals surface area contributed by atoms with Crippen molar-refractivity contribution in [2.75, 3.05) is 13.2 Å². The van der Waals surface area contributed by atoms with Crippen molar-refractivity contribution in [1.82, 2.24) is 15.1 Å². The zero-order chi connectivity index (χ0) is 19.2. The zero-order valence-electron chi connectivity index (χ0n) is 16.6. The first-order valence-electron chi connectivity index (χ1n) is 9.44. The standard InChI is InChI=1S/C21H31N3O2/c1-6-8-13-22-14-16-15-24(23-19(16)20(25)26-7-2)18-11-9-17(10-12-18)21(3,4)5/h9-12,15,22H,6-8,13-14H2,1-5H3. The van der Waals surface area contributed by atoms with Crippen molar-refractivity contribution in [3.8, 4) is 5.69 Å². The molecule has 1 N–H and O–H groups in total. The van der Waals surface area contributed by atoms with Gasteiger partial charge in [-0.25, -0.2) is 9.48 Å². The lowest BCUT2D eigenvalue weighted by molar-refractivity contribution is 0.0517. The van der Waals surface area contributed by atoms with Crippen molar-refractivity contribution in [1.29, 1.82) is 0 Å². The highest BCUT2D eigenvalue weighted by Gasteiger charge is 2.19. The Bertz CT molecular complexity index is 712. The minimum Gasteiger partial charge on any atom is -0.461 e. The topological polar surface area (TPSA) is 56.2 Å². The Kier molecular flexibility index (Phi) is 6.98. The van der Waals surface area contributed by atoms with Crippen molar-refractivity contribution in [3.05, 3.63) is 47.3 Å². The van der Waals surface area contributed by atoms with Gasteiger partial charge >= 0.3 is 5.97 Å². The summed E-state index contributed by atoms with van der Waals surface area (Å²) in [5, 5.41) is 7.86. The van der Waals surface area contributed by atoms with E-state index >= 15 is 0 Å². The Balaban J connectivity index is 2.26. The molecule has 0 atom stereocenters. The van der Waals surface area contributed by atoms with Crippen LogP contribution in [0.4, 0.5) is 0 Å². The number of carbonyl (C=O) groups is 1. The van der Waals surface area contributed by atoms with Crippen LogP contribution in [0.25, 0.3) is 5.69 Å². The number of nitrogens with one attached hydrogen (secondary N) is 1. The average Bonchev–Trinajstić information content (AvgIpc) is 3.03. The number of carbonyl (C=O) groups excluding carboxylic acids is 1. The summed E-state index contributed by atoms with van der Waals surface area (Å²) >= 11 is 0. The van der Waals surface area contributed by atoms with Crippen LogP contribution in [0.5, 0.6) is 0 Å². The minimum atomic E-state index is -0.371. The molecule has 0 saturated carbocycles. The third kappa shape index (κ3) is 5.18. The quantitative estimate of drug-likeness (QED) is 0.567. The molecule has 5 heteroatoms. The molecule has 1 aromatic carbocycles. The van der Waals surface area contributed by atoms with E-state index in [4.69, 9.17) is 4.74 Å². The van der Waals surface area contributed by atoms with Crippen molar-refractivity contribution in [3.63, 3.8) is 0 Å². The first-order chi connectivity index (χ1) is 12.4. The Morgan fingerprint density at radius 1 is 1.19 bits per heavy atom. The molecule has 0 saturated heterocycles. The number of aromatic nitrogens is 2. The fraction of sp³-hybridized carbons (Fsp3) is 0.524. The number of ether oxygens (including phenoxy) is 1. The van der Waals surface area contributed by atoms with Gasteiger partial charge < -0.3 is 10.1 Å². The fourth-order valence-corrected chi connectivity index (χ4v) is 2.68. The number of nitrogens with zero attached hydrogens (tertiary/aromatic N) is 2. The Hall–Kier alpha value is -2.14. The molecule has 0 aliphatic heterocycles. The van der Waals surface area contributed by atoms with Crippen molar-refractivity contribution in [2.45, 2.75) is 59.4 Å². The normalized spacial score (nSPS) is 11.6. The van der Waals surface area contributed by atoms with Gasteiger partial charge in [0.05, 0.1) is 12.3 Å². The number of unbranched alkanes of at least 4 members (excludes halogenated alkanes) is 1. The summed E-state index contributed by atoms with van der Waals surface area (Å²) in [6.45, 7) is 12.4. The predicted octanol–water partition coefficient (Wildman–Crippen LogP) is 4.24. The molecule has 0 unspecified atom stereocenters. The van der Waals surface area contributed by atoms with Crippen LogP contribution in [0, 0.1) is 0 Å². The number of hydrogen-bond donors (Lipinski definition) is 1. The van der Waals surface area contributed by atoms with E-state index in [1.165, 1.54) is 5.56 Å². The van der Waals surface area contributed by atoms with E-state index in [1.807, 2.05) is 18.3 Å². The average molecular weight is 357 g/mol. The van der Waals surface area contributed by atoms with Crippen LogP contribution < -0.4 is 5.32 Å². The number of rotatable bonds is 8. The lowest BCUT2D eigenvalue weighted by Crippen LogP contribution is -2.17. The van der Waals surface area contributed by atoms with E-state index in [9.17, 15) is 4.79 Å². The van der Waals surface area contributed by atoms with Gasteiger partial charge in [-0.15, -0.1) is 0 Å². The molecule has 26 heavy (non-hydrogen) atoms. The summed E-state index contributed by atoms with van der Waals surface area (Å²) in [6.07, 6.45) is 4.16. The van der Waals surface area contributed by atoms with E-state index in [0.717, 1.165) is 30.6 Å². The van der Waals surface area contributed by atoms with Crippen LogP contribution in [0.2, 0.25) is 0 Å². The Morgan fingerprint density at radius 3 is 2.46 bits per heavy atom. The minimum absolute atomic E-state index is 0.104. The van der Waals surface area contributed by atoms with Gasteiger partial charge in [0, 0.05) is 18.3 Å². The first kappa shape index (κ1) is 20.2. The SMILES string of the molecule is CCCCNCc1cn(-c2ccc(C(C)(C)C)cc2)nc1C(=O)OCC. The molecule has 142 valence electrons. The molecular weight excluding hydrogens is 326 g/mol. The summed E-state index contributed by atoms with van der Waals surface area (Å²) in [6, 6.07) is 8.30. The molecule has 0 bridgehead atoms. The summed E-state index contributed by atoms with van der Waals surface area (Å²) in [7, 11) is 0. The molecule has 0 spiro atoms. The van der Waals surface area contributed by atoms with Crippen molar-refractivity contribution < 1.29 is 9.53 Å². The van der Waals surface area contributed by atoms with Gasteiger partial charge in [0.15, 0.2) is 5.69 Å². The fourth-order valence-electron chi connectivity index (χ4n) is 2.68. The number of esters is 1. The third-order valence-corrected chi connectivity index (χ3v) is 4.28. The maximum atomic E-state index is 12.3. The van der Waals surface area contributed by atoms with E-state index in [1.54, 1.807) is 11.6 Å². The van der Waals surface area contributed by atoms with E-state index in [2.05, 4.69) is 50.2 Å². The second-order valence-corrected chi connectivity index (χ2v) is 7.50. The molecule has 0 amide bonds. The molecular formula is C21H31N3O2. The van der Waals surface area contributed by atoms with E-state index in [0.29, 0.717) is 18.8 Å². The van der Waals surface area contributed by atoms with Crippen LogP contribution >= 0.6 is 0 Å². The lowest BCUT2D eigenvalue weighted by Gasteiger charge is -2.19. The molecule has 1 heterocycles. The third-order valence-electron chi connectivity index (χ3n) is 4.28. The molecule has 2 aromatic rings. The van der Waals surface area contributed by atoms with Crippen LogP contribution in [-0.2, 0) is 16.7 Å². The van der Waals surface area contributed by atoms with Gasteiger partial charge in [0.2, 0.25) is 0 Å². The monoisotopic (exact) mass is 357 g/mol. The van der Waals surface area contributed by atoms with Crippen LogP contribution in [0.15, 0.2) is 30.5 Å². The molecule has 0 radical (unpaired) electrons. The summed E-state index contributed by atoms with van der Waals surface area (Å²) < 4.78 is 6.93. The molecule has 0 aliphatic rings. The maximum Gasteiger partial charge on any atom is 0.359 e. The first-order valence-corrected chi connectivity index (χ1v) is 9.44. The second-order valence-electron chi connectivity index (χ2n) is 7.50. The van der Waals surface area contributed by atoms with Gasteiger partial charge in [-0.1, -0.05) is 46.2 Å². The molecule has 0 aliphatic carbocycles. The number of benzene rings is 1. The summed E-state index contributed by atoms with van der Waals surface area (Å²) in [4.78, 5) is 12.3. The lowest BCUT2D eigenvalue weighted by atomic mass is 9.87. The van der Waals surface area contributed by atoms with Crippen molar-refractivity contribution >= 4 is 5.97 Å². The summed E-state index contributed by atoms with van der Waals surface area (Å²) in [5.41, 5.74) is 3.55. The molecule has 0 fully saturated rings. The van der Waals surface area contributed by atoms with Gasteiger partial charge in [-0.05, 0) is 43.0 Å². The Morgan fingerprint density at radius 2 is 1.88 bits per heavy atom. The van der Waals surface area contributed by atoms with E-state index < -0.39 is 0 Å². The molecule has 5 nitrogen and oxygen atoms in total. The van der Waals surface area contributed by atoms with Crippen LogP contribution in [0.3, 0.4) is 0 Å². The zero-order valence-corrected chi connectivity index (χ0v) is 16.6. The van der Waals surface area contributed by atoms with Crippen LogP contribution in [0.1, 0.15) is 69.1 Å². The highest BCUT2D eigenvalue weighted by atomic mass is 16.5. The highest BCUT2D eigenvalue weighted by Crippen LogP contribution is 2.23. The van der Waals surface area contributed by atoms with E-state index in [-0.39, 0.29) is 11.4 Å². The number of hydrogen-bond acceptors (Lipinski definition) is 4. The van der Waals surface area contributed by atoms with Crippen molar-refractivity contribution in [2.24, 2.45) is 0 Å². The predicted molar refractivity (Wildman–Crippen MR) is 105 cm³/mol. The molecule has 2 rings (SSSR count). The molecule has 1 aromatic heterocycles. The smallest absolute Gasteiger partial charge is 0.359 e. The van der Waals surface area contributed by atoms with Crippen LogP contribution in [-0.4, -0.2) is 28.9 Å². The Labute approximate surface area is 156 Å². The van der Waals surface area contributed by atoms with Gasteiger partial charge in [-0.2, -0.15) is 5.10 Å². The summed E-state index contributed by atoms with van der Waals surface area (Å²) in [5.74, 6) is -0.371. The van der Waals surface area contributed by atoms with Gasteiger partial charge in [0.1, 0.15) is 0 Å². The largest absolute Gasteiger partial charge is 0.461 e. The van der Waals surface area contributed by atoms with Gasteiger partial charge in [0.25, 0.3) is 0 Å². The maximum absolute atomic E-state index is 12.3. The van der Waals surface area contributed by atoms with Gasteiger partial charge in [-0.3, -0.25) is 0 Å². The highest BCUT2D eigenvalue weighted by molar-refractivity contribution is 5.88. The second kappa shape index (κ2) is 8.99.